The van der Waals surface area contributed by atoms with E-state index in [1.54, 1.807) is 0 Å². The summed E-state index contributed by atoms with van der Waals surface area (Å²) >= 11 is 0. The van der Waals surface area contributed by atoms with E-state index in [1.807, 2.05) is 44.2 Å². The third-order valence-corrected chi connectivity index (χ3v) is 4.47. The lowest BCUT2D eigenvalue weighted by atomic mass is 9.85. The van der Waals surface area contributed by atoms with Crippen LogP contribution < -0.4 is 5.73 Å². The van der Waals surface area contributed by atoms with Crippen molar-refractivity contribution < 1.29 is 19.0 Å². The molecule has 0 saturated carbocycles. The molecule has 5 nitrogen and oxygen atoms in total. The van der Waals surface area contributed by atoms with Gasteiger partial charge in [0, 0.05) is 19.4 Å². The number of benzene rings is 1. The number of hydrogen-bond donors (Lipinski definition) is 1. The molecule has 1 saturated heterocycles. The minimum atomic E-state index is -1.23. The van der Waals surface area contributed by atoms with Gasteiger partial charge in [-0.3, -0.25) is 4.79 Å². The van der Waals surface area contributed by atoms with E-state index in [9.17, 15) is 4.79 Å². The summed E-state index contributed by atoms with van der Waals surface area (Å²) in [5.41, 5.74) is 7.47. The highest BCUT2D eigenvalue weighted by Gasteiger charge is 2.50. The summed E-state index contributed by atoms with van der Waals surface area (Å²) in [5.74, 6) is -1.66. The molecule has 0 unspecified atom stereocenters. The standard InChI is InChI=1S/C18H25NO4/c1-12-10-18(21-4,23-14(3)13(12)2)16(17(19)20)22-11-15-8-6-5-7-9-15/h5-9,13-14,16H,1,10-11H2,2-4H3,(H2,19,20)/t13-,14-,16-,18-/m1/s1. The smallest absolute Gasteiger partial charge is 0.252 e. The molecule has 0 radical (unpaired) electrons. The molecule has 0 spiro atoms. The SMILES string of the molecule is C=C1C[C@](OC)([C@H](OCc2ccccc2)C(N)=O)O[C@H](C)[C@@H]1C. The normalized spacial score (nSPS) is 29.3. The fourth-order valence-corrected chi connectivity index (χ4v) is 2.83. The number of ether oxygens (including phenoxy) is 3. The van der Waals surface area contributed by atoms with Crippen LogP contribution >= 0.6 is 0 Å². The molecule has 1 fully saturated rings. The van der Waals surface area contributed by atoms with Crippen molar-refractivity contribution in [2.24, 2.45) is 11.7 Å². The van der Waals surface area contributed by atoms with Gasteiger partial charge in [-0.1, -0.05) is 49.4 Å². The quantitative estimate of drug-likeness (QED) is 0.817. The number of hydrogen-bond acceptors (Lipinski definition) is 4. The fourth-order valence-electron chi connectivity index (χ4n) is 2.83. The van der Waals surface area contributed by atoms with Crippen molar-refractivity contribution in [2.45, 2.75) is 44.9 Å². The van der Waals surface area contributed by atoms with Gasteiger partial charge in [0.15, 0.2) is 6.10 Å². The van der Waals surface area contributed by atoms with Crippen LogP contribution in [0.2, 0.25) is 0 Å². The van der Waals surface area contributed by atoms with Crippen LogP contribution in [0.5, 0.6) is 0 Å². The third kappa shape index (κ3) is 3.80. The number of carbonyl (C=O) groups excluding carboxylic acids is 1. The van der Waals surface area contributed by atoms with Crippen LogP contribution in [0.25, 0.3) is 0 Å². The maximum Gasteiger partial charge on any atom is 0.252 e. The van der Waals surface area contributed by atoms with Crippen LogP contribution in [0, 0.1) is 5.92 Å². The molecule has 1 aromatic carbocycles. The highest BCUT2D eigenvalue weighted by molar-refractivity contribution is 5.80. The summed E-state index contributed by atoms with van der Waals surface area (Å²) in [7, 11) is 1.50. The van der Waals surface area contributed by atoms with E-state index in [2.05, 4.69) is 6.58 Å². The zero-order valence-electron chi connectivity index (χ0n) is 14.0. The molecule has 0 aliphatic carbocycles. The second-order valence-corrected chi connectivity index (χ2v) is 6.04. The Hall–Kier alpha value is -1.69. The van der Waals surface area contributed by atoms with Crippen LogP contribution in [-0.4, -0.2) is 31.0 Å². The number of rotatable bonds is 6. The Morgan fingerprint density at radius 3 is 2.61 bits per heavy atom. The summed E-state index contributed by atoms with van der Waals surface area (Å²) in [6.45, 7) is 8.30. The molecule has 1 aliphatic rings. The topological polar surface area (TPSA) is 70.8 Å². The first kappa shape index (κ1) is 17.7. The molecule has 1 heterocycles. The lowest BCUT2D eigenvalue weighted by molar-refractivity contribution is -0.305. The van der Waals surface area contributed by atoms with Crippen molar-refractivity contribution in [3.8, 4) is 0 Å². The van der Waals surface area contributed by atoms with Crippen molar-refractivity contribution >= 4 is 5.91 Å². The molecule has 2 rings (SSSR count). The van der Waals surface area contributed by atoms with E-state index in [-0.39, 0.29) is 18.6 Å². The van der Waals surface area contributed by atoms with E-state index in [0.717, 1.165) is 11.1 Å². The van der Waals surface area contributed by atoms with Crippen LogP contribution in [0.3, 0.4) is 0 Å². The van der Waals surface area contributed by atoms with Crippen LogP contribution in [0.15, 0.2) is 42.5 Å². The Morgan fingerprint density at radius 2 is 2.09 bits per heavy atom. The molecule has 2 N–H and O–H groups in total. The van der Waals surface area contributed by atoms with E-state index in [4.69, 9.17) is 19.9 Å². The monoisotopic (exact) mass is 319 g/mol. The molecule has 1 aromatic rings. The van der Waals surface area contributed by atoms with Gasteiger partial charge in [0.2, 0.25) is 5.79 Å². The summed E-state index contributed by atoms with van der Waals surface area (Å²) in [6.07, 6.45) is -0.782. The minimum absolute atomic E-state index is 0.140. The summed E-state index contributed by atoms with van der Waals surface area (Å²) in [4.78, 5) is 12.0. The second kappa shape index (κ2) is 7.25. The fraction of sp³-hybridized carbons (Fsp3) is 0.500. The van der Waals surface area contributed by atoms with Gasteiger partial charge in [-0.2, -0.15) is 0 Å². The minimum Gasteiger partial charge on any atom is -0.367 e. The average Bonchev–Trinajstić information content (AvgIpc) is 2.53. The maximum absolute atomic E-state index is 12.0. The first-order valence-electron chi connectivity index (χ1n) is 7.75. The zero-order valence-corrected chi connectivity index (χ0v) is 14.0. The van der Waals surface area contributed by atoms with Gasteiger partial charge in [-0.05, 0) is 12.5 Å². The Balaban J connectivity index is 2.20. The lowest BCUT2D eigenvalue weighted by Crippen LogP contribution is -2.58. The highest BCUT2D eigenvalue weighted by Crippen LogP contribution is 2.39. The average molecular weight is 319 g/mol. The number of carbonyl (C=O) groups is 1. The van der Waals surface area contributed by atoms with Gasteiger partial charge >= 0.3 is 0 Å². The first-order valence-corrected chi connectivity index (χ1v) is 7.75. The molecule has 1 amide bonds. The number of methoxy groups -OCH3 is 1. The second-order valence-electron chi connectivity index (χ2n) is 6.04. The van der Waals surface area contributed by atoms with Gasteiger partial charge < -0.3 is 19.9 Å². The van der Waals surface area contributed by atoms with Gasteiger partial charge in [0.1, 0.15) is 0 Å². The summed E-state index contributed by atoms with van der Waals surface area (Å²) < 4.78 is 17.4. The van der Waals surface area contributed by atoms with E-state index >= 15 is 0 Å². The first-order chi connectivity index (χ1) is 10.9. The molecular formula is C18H25NO4. The predicted octanol–water partition coefficient (Wildman–Crippen LogP) is 2.40. The van der Waals surface area contributed by atoms with Crippen LogP contribution in [0.1, 0.15) is 25.8 Å². The zero-order chi connectivity index (χ0) is 17.0. The highest BCUT2D eigenvalue weighted by atomic mass is 16.7. The van der Waals surface area contributed by atoms with Crippen LogP contribution in [0.4, 0.5) is 0 Å². The molecule has 126 valence electrons. The molecule has 0 aromatic heterocycles. The molecule has 4 atom stereocenters. The Kier molecular flexibility index (Phi) is 5.57. The number of amides is 1. The number of primary amides is 1. The maximum atomic E-state index is 12.0. The van der Waals surface area contributed by atoms with Gasteiger partial charge in [-0.15, -0.1) is 0 Å². The van der Waals surface area contributed by atoms with Crippen LogP contribution in [-0.2, 0) is 25.6 Å². The number of nitrogens with two attached hydrogens (primary N) is 1. The molecule has 23 heavy (non-hydrogen) atoms. The Morgan fingerprint density at radius 1 is 1.43 bits per heavy atom. The summed E-state index contributed by atoms with van der Waals surface area (Å²) in [5, 5.41) is 0. The van der Waals surface area contributed by atoms with Crippen molar-refractivity contribution in [1.82, 2.24) is 0 Å². The lowest BCUT2D eigenvalue weighted by Gasteiger charge is -2.45. The van der Waals surface area contributed by atoms with Crippen molar-refractivity contribution in [3.05, 3.63) is 48.0 Å². The van der Waals surface area contributed by atoms with Gasteiger partial charge in [0.25, 0.3) is 5.91 Å². The molecule has 5 heteroatoms. The molecule has 1 aliphatic heterocycles. The van der Waals surface area contributed by atoms with Crippen molar-refractivity contribution in [3.63, 3.8) is 0 Å². The predicted molar refractivity (Wildman–Crippen MR) is 87.4 cm³/mol. The van der Waals surface area contributed by atoms with E-state index in [0.29, 0.717) is 6.42 Å². The largest absolute Gasteiger partial charge is 0.367 e. The molecule has 0 bridgehead atoms. The van der Waals surface area contributed by atoms with Crippen molar-refractivity contribution in [2.75, 3.05) is 7.11 Å². The third-order valence-electron chi connectivity index (χ3n) is 4.47. The van der Waals surface area contributed by atoms with E-state index < -0.39 is 17.8 Å². The summed E-state index contributed by atoms with van der Waals surface area (Å²) in [6, 6.07) is 9.58. The van der Waals surface area contributed by atoms with E-state index in [1.165, 1.54) is 7.11 Å². The molecular weight excluding hydrogens is 294 g/mol. The van der Waals surface area contributed by atoms with Crippen molar-refractivity contribution in [1.29, 1.82) is 0 Å². The Bertz CT molecular complexity index is 559. The Labute approximate surface area is 137 Å². The van der Waals surface area contributed by atoms with Gasteiger partial charge in [-0.25, -0.2) is 0 Å². The van der Waals surface area contributed by atoms with Gasteiger partial charge in [0.05, 0.1) is 12.7 Å².